The van der Waals surface area contributed by atoms with Crippen LogP contribution in [0.25, 0.3) is 0 Å². The van der Waals surface area contributed by atoms with Crippen molar-refractivity contribution in [1.29, 1.82) is 5.26 Å². The van der Waals surface area contributed by atoms with E-state index in [0.29, 0.717) is 5.92 Å². The third-order valence-corrected chi connectivity index (χ3v) is 2.97. The van der Waals surface area contributed by atoms with Gasteiger partial charge in [0.1, 0.15) is 5.40 Å². The summed E-state index contributed by atoms with van der Waals surface area (Å²) >= 11 is 1.35. The Hall–Kier alpha value is -0.940. The highest BCUT2D eigenvalue weighted by Gasteiger charge is 2.07. The SMILES string of the molecule is CCC(CCSC#N)c1ccccc1. The second kappa shape index (κ2) is 6.50. The summed E-state index contributed by atoms with van der Waals surface area (Å²) in [5.41, 5.74) is 1.40. The minimum atomic E-state index is 0.608. The number of hydrogen-bond donors (Lipinski definition) is 0. The van der Waals surface area contributed by atoms with Crippen LogP contribution < -0.4 is 0 Å². The lowest BCUT2D eigenvalue weighted by molar-refractivity contribution is 0.647. The summed E-state index contributed by atoms with van der Waals surface area (Å²) in [6.45, 7) is 2.20. The van der Waals surface area contributed by atoms with Gasteiger partial charge in [0.15, 0.2) is 0 Å². The summed E-state index contributed by atoms with van der Waals surface area (Å²) in [5, 5.41) is 10.6. The smallest absolute Gasteiger partial charge is 0.133 e. The molecule has 0 radical (unpaired) electrons. The van der Waals surface area contributed by atoms with E-state index in [2.05, 4.69) is 36.6 Å². The lowest BCUT2D eigenvalue weighted by Gasteiger charge is -2.13. The zero-order chi connectivity index (χ0) is 10.2. The average molecular weight is 205 g/mol. The molecule has 0 spiro atoms. The summed E-state index contributed by atoms with van der Waals surface area (Å²) in [6.07, 6.45) is 2.24. The van der Waals surface area contributed by atoms with Crippen LogP contribution in [-0.4, -0.2) is 5.75 Å². The highest BCUT2D eigenvalue weighted by molar-refractivity contribution is 8.03. The zero-order valence-corrected chi connectivity index (χ0v) is 9.26. The monoisotopic (exact) mass is 205 g/mol. The van der Waals surface area contributed by atoms with E-state index in [0.717, 1.165) is 18.6 Å². The number of nitriles is 1. The first-order valence-electron chi connectivity index (χ1n) is 4.94. The van der Waals surface area contributed by atoms with Crippen LogP contribution in [0.1, 0.15) is 31.2 Å². The fourth-order valence-corrected chi connectivity index (χ4v) is 2.07. The number of hydrogen-bond acceptors (Lipinski definition) is 2. The molecule has 0 amide bonds. The predicted molar refractivity (Wildman–Crippen MR) is 62.2 cm³/mol. The van der Waals surface area contributed by atoms with Gasteiger partial charge in [-0.1, -0.05) is 37.3 Å². The van der Waals surface area contributed by atoms with Gasteiger partial charge in [0.05, 0.1) is 0 Å². The molecule has 2 heteroatoms. The van der Waals surface area contributed by atoms with Gasteiger partial charge in [0.2, 0.25) is 0 Å². The Balaban J connectivity index is 2.51. The lowest BCUT2D eigenvalue weighted by atomic mass is 9.94. The first-order chi connectivity index (χ1) is 6.88. The normalized spacial score (nSPS) is 12.0. The van der Waals surface area contributed by atoms with Crippen LogP contribution in [0.5, 0.6) is 0 Å². The number of benzene rings is 1. The zero-order valence-electron chi connectivity index (χ0n) is 8.44. The van der Waals surface area contributed by atoms with Gasteiger partial charge < -0.3 is 0 Å². The average Bonchev–Trinajstić information content (AvgIpc) is 2.26. The Morgan fingerprint density at radius 2 is 2.07 bits per heavy atom. The predicted octanol–water partition coefficient (Wildman–Crippen LogP) is 3.78. The van der Waals surface area contributed by atoms with Gasteiger partial charge in [-0.3, -0.25) is 0 Å². The lowest BCUT2D eigenvalue weighted by Crippen LogP contribution is -1.98. The molecular weight excluding hydrogens is 190 g/mol. The molecule has 0 bridgehead atoms. The summed E-state index contributed by atoms with van der Waals surface area (Å²) in [7, 11) is 0. The van der Waals surface area contributed by atoms with E-state index >= 15 is 0 Å². The molecule has 1 nitrogen and oxygen atoms in total. The Morgan fingerprint density at radius 1 is 1.36 bits per heavy atom. The topological polar surface area (TPSA) is 23.8 Å². The van der Waals surface area contributed by atoms with Gasteiger partial charge in [-0.05, 0) is 36.1 Å². The fourth-order valence-electron chi connectivity index (χ4n) is 1.58. The maximum atomic E-state index is 8.44. The Morgan fingerprint density at radius 3 is 2.64 bits per heavy atom. The molecule has 0 fully saturated rings. The Bertz CT molecular complexity index is 289. The maximum Gasteiger partial charge on any atom is 0.133 e. The van der Waals surface area contributed by atoms with Crippen LogP contribution in [0.2, 0.25) is 0 Å². The highest BCUT2D eigenvalue weighted by Crippen LogP contribution is 2.24. The van der Waals surface area contributed by atoms with Crippen molar-refractivity contribution in [3.05, 3.63) is 35.9 Å². The number of thioether (sulfide) groups is 1. The maximum absolute atomic E-state index is 8.44. The molecule has 0 saturated carbocycles. The Kier molecular flexibility index (Phi) is 5.17. The molecule has 0 aromatic heterocycles. The van der Waals surface area contributed by atoms with Crippen LogP contribution in [0.4, 0.5) is 0 Å². The van der Waals surface area contributed by atoms with E-state index < -0.39 is 0 Å². The van der Waals surface area contributed by atoms with Crippen molar-refractivity contribution in [3.8, 4) is 5.40 Å². The van der Waals surface area contributed by atoms with Gasteiger partial charge in [-0.2, -0.15) is 5.26 Å². The quantitative estimate of drug-likeness (QED) is 0.539. The molecule has 0 aliphatic carbocycles. The molecule has 1 aromatic carbocycles. The molecule has 1 aromatic rings. The minimum absolute atomic E-state index is 0.608. The van der Waals surface area contributed by atoms with E-state index in [1.807, 2.05) is 6.07 Å². The molecule has 0 aliphatic rings. The van der Waals surface area contributed by atoms with Gasteiger partial charge in [-0.15, -0.1) is 0 Å². The van der Waals surface area contributed by atoms with E-state index in [-0.39, 0.29) is 0 Å². The molecule has 0 aliphatic heterocycles. The van der Waals surface area contributed by atoms with E-state index in [1.165, 1.54) is 17.3 Å². The van der Waals surface area contributed by atoms with Crippen LogP contribution >= 0.6 is 11.8 Å². The van der Waals surface area contributed by atoms with E-state index in [9.17, 15) is 0 Å². The fraction of sp³-hybridized carbons (Fsp3) is 0.417. The summed E-state index contributed by atoms with van der Waals surface area (Å²) in [4.78, 5) is 0. The molecule has 0 saturated heterocycles. The van der Waals surface area contributed by atoms with Crippen molar-refractivity contribution in [3.63, 3.8) is 0 Å². The summed E-state index contributed by atoms with van der Waals surface area (Å²) < 4.78 is 0. The van der Waals surface area contributed by atoms with Crippen molar-refractivity contribution in [1.82, 2.24) is 0 Å². The van der Waals surface area contributed by atoms with Crippen molar-refractivity contribution < 1.29 is 0 Å². The van der Waals surface area contributed by atoms with E-state index in [4.69, 9.17) is 5.26 Å². The number of rotatable bonds is 5. The molecule has 1 rings (SSSR count). The molecule has 1 unspecified atom stereocenters. The molecule has 0 heterocycles. The van der Waals surface area contributed by atoms with Crippen LogP contribution in [0.3, 0.4) is 0 Å². The number of nitrogens with zero attached hydrogens (tertiary/aromatic N) is 1. The highest BCUT2D eigenvalue weighted by atomic mass is 32.2. The molecular formula is C12H15NS. The second-order valence-electron chi connectivity index (χ2n) is 3.24. The minimum Gasteiger partial charge on any atom is -0.185 e. The van der Waals surface area contributed by atoms with Gasteiger partial charge in [0, 0.05) is 5.75 Å². The number of thiocyanates is 1. The molecule has 0 N–H and O–H groups in total. The summed E-state index contributed by atoms with van der Waals surface area (Å²) in [5.74, 6) is 1.54. The van der Waals surface area contributed by atoms with Crippen LogP contribution in [0, 0.1) is 10.7 Å². The first-order valence-corrected chi connectivity index (χ1v) is 5.92. The van der Waals surface area contributed by atoms with Crippen LogP contribution in [0.15, 0.2) is 30.3 Å². The second-order valence-corrected chi connectivity index (χ2v) is 4.12. The third-order valence-electron chi connectivity index (χ3n) is 2.40. The van der Waals surface area contributed by atoms with Crippen LogP contribution in [-0.2, 0) is 0 Å². The summed E-state index contributed by atoms with van der Waals surface area (Å²) in [6, 6.07) is 10.5. The van der Waals surface area contributed by atoms with E-state index in [1.54, 1.807) is 0 Å². The van der Waals surface area contributed by atoms with Crippen molar-refractivity contribution in [2.75, 3.05) is 5.75 Å². The van der Waals surface area contributed by atoms with Gasteiger partial charge >= 0.3 is 0 Å². The Labute approximate surface area is 90.1 Å². The molecule has 74 valence electrons. The van der Waals surface area contributed by atoms with Crippen molar-refractivity contribution in [2.45, 2.75) is 25.7 Å². The van der Waals surface area contributed by atoms with Gasteiger partial charge in [-0.25, -0.2) is 0 Å². The standard InChI is InChI=1S/C12H15NS/c1-2-11(8-9-14-10-13)12-6-4-3-5-7-12/h3-7,11H,2,8-9H2,1H3. The largest absolute Gasteiger partial charge is 0.185 e. The third kappa shape index (κ3) is 3.43. The van der Waals surface area contributed by atoms with Crippen molar-refractivity contribution >= 4 is 11.8 Å². The van der Waals surface area contributed by atoms with Gasteiger partial charge in [0.25, 0.3) is 0 Å². The van der Waals surface area contributed by atoms with Crippen molar-refractivity contribution in [2.24, 2.45) is 0 Å². The molecule has 14 heavy (non-hydrogen) atoms. The molecule has 1 atom stereocenters. The first kappa shape index (κ1) is 11.1.